The quantitative estimate of drug-likeness (QED) is 0.930. The first-order valence-electron chi connectivity index (χ1n) is 5.99. The van der Waals surface area contributed by atoms with Crippen molar-refractivity contribution in [2.75, 3.05) is 0 Å². The van der Waals surface area contributed by atoms with E-state index in [-0.39, 0.29) is 16.1 Å². The van der Waals surface area contributed by atoms with Gasteiger partial charge in [-0.2, -0.15) is 15.8 Å². The van der Waals surface area contributed by atoms with E-state index in [1.165, 1.54) is 30.0 Å². The van der Waals surface area contributed by atoms with Gasteiger partial charge in [-0.25, -0.2) is 0 Å². The van der Waals surface area contributed by atoms with E-state index in [0.29, 0.717) is 0 Å². The van der Waals surface area contributed by atoms with Crippen molar-refractivity contribution in [3.63, 3.8) is 0 Å². The third-order valence-electron chi connectivity index (χ3n) is 2.46. The number of aliphatic imine (C=N–C) groups is 1. The fraction of sp³-hybridized carbons (Fsp3) is 0.333. The Kier molecular flexibility index (Phi) is 4.73. The molecule has 1 amide bonds. The number of hydrogen-bond donors (Lipinski definition) is 1. The highest BCUT2D eigenvalue weighted by atomic mass is 32.2. The monoisotopic (exact) mass is 318 g/mol. The molecule has 0 bridgehead atoms. The van der Waals surface area contributed by atoms with Gasteiger partial charge in [0.15, 0.2) is 0 Å². The molecular formula is C12H11F3N3O2S. The van der Waals surface area contributed by atoms with Crippen LogP contribution >= 0.6 is 11.8 Å². The molecule has 1 heterocycles. The summed E-state index contributed by atoms with van der Waals surface area (Å²) in [4.78, 5) is 15.7. The molecule has 1 fully saturated rings. The summed E-state index contributed by atoms with van der Waals surface area (Å²) in [6.45, 7) is 1.93. The van der Waals surface area contributed by atoms with Crippen molar-refractivity contribution in [3.05, 3.63) is 29.8 Å². The van der Waals surface area contributed by atoms with Gasteiger partial charge in [0.2, 0.25) is 5.17 Å². The van der Waals surface area contributed by atoms with Crippen LogP contribution in [0.1, 0.15) is 23.7 Å². The normalized spacial score (nSPS) is 20.4. The van der Waals surface area contributed by atoms with Gasteiger partial charge >= 0.3 is 6.36 Å². The molecule has 1 unspecified atom stereocenters. The smallest absolute Gasteiger partial charge is 0.405 e. The zero-order chi connectivity index (χ0) is 15.5. The van der Waals surface area contributed by atoms with Gasteiger partial charge < -0.3 is 4.74 Å². The molecular weight excluding hydrogens is 307 g/mol. The highest BCUT2D eigenvalue weighted by Gasteiger charge is 2.33. The van der Waals surface area contributed by atoms with E-state index in [4.69, 9.17) is 0 Å². The maximum Gasteiger partial charge on any atom is 0.573 e. The van der Waals surface area contributed by atoms with Gasteiger partial charge in [-0.15, -0.1) is 13.2 Å². The van der Waals surface area contributed by atoms with Gasteiger partial charge in [-0.3, -0.25) is 4.79 Å². The highest BCUT2D eigenvalue weighted by molar-refractivity contribution is 8.14. The number of rotatable bonds is 3. The predicted octanol–water partition coefficient (Wildman–Crippen LogP) is 2.67. The van der Waals surface area contributed by atoms with Gasteiger partial charge in [0.05, 0.1) is 10.9 Å². The molecule has 1 aliphatic heterocycles. The van der Waals surface area contributed by atoms with Crippen molar-refractivity contribution in [2.24, 2.45) is 4.99 Å². The second-order valence-electron chi connectivity index (χ2n) is 4.00. The molecule has 0 saturated carbocycles. The lowest BCUT2D eigenvalue weighted by Crippen LogP contribution is -2.24. The van der Waals surface area contributed by atoms with Crippen molar-refractivity contribution in [1.29, 1.82) is 0 Å². The van der Waals surface area contributed by atoms with Crippen molar-refractivity contribution < 1.29 is 22.7 Å². The van der Waals surface area contributed by atoms with E-state index >= 15 is 0 Å². The van der Waals surface area contributed by atoms with Crippen molar-refractivity contribution >= 4 is 22.8 Å². The molecule has 2 rings (SSSR count). The second-order valence-corrected chi connectivity index (χ2v) is 5.17. The maximum atomic E-state index is 12.3. The molecule has 1 aromatic rings. The Morgan fingerprint density at radius 2 is 2.19 bits per heavy atom. The van der Waals surface area contributed by atoms with E-state index in [9.17, 15) is 18.0 Å². The van der Waals surface area contributed by atoms with Crippen LogP contribution in [0.15, 0.2) is 29.3 Å². The van der Waals surface area contributed by atoms with Crippen LogP contribution in [0.5, 0.6) is 5.75 Å². The SMILES string of the molecule is CCC1N[N]C(=NC(=O)c2ccccc2OC(F)(F)F)S1. The molecule has 21 heavy (non-hydrogen) atoms. The summed E-state index contributed by atoms with van der Waals surface area (Å²) in [7, 11) is 0. The number of alkyl halides is 3. The van der Waals surface area contributed by atoms with Gasteiger partial charge in [0, 0.05) is 0 Å². The van der Waals surface area contributed by atoms with Crippen LogP contribution in [-0.2, 0) is 0 Å². The van der Waals surface area contributed by atoms with Gasteiger partial charge in [0.25, 0.3) is 5.91 Å². The number of thioether (sulfide) groups is 1. The molecule has 0 aliphatic carbocycles. The third kappa shape index (κ3) is 4.36. The van der Waals surface area contributed by atoms with Crippen molar-refractivity contribution in [2.45, 2.75) is 25.1 Å². The number of halogens is 3. The van der Waals surface area contributed by atoms with E-state index in [1.54, 1.807) is 0 Å². The molecule has 1 radical (unpaired) electrons. The minimum absolute atomic E-state index is 0.0122. The molecule has 1 N–H and O–H groups in total. The molecule has 5 nitrogen and oxygen atoms in total. The summed E-state index contributed by atoms with van der Waals surface area (Å²) in [6.07, 6.45) is -4.10. The number of para-hydroxylation sites is 1. The summed E-state index contributed by atoms with van der Waals surface area (Å²) >= 11 is 1.24. The van der Waals surface area contributed by atoms with Crippen LogP contribution in [0.25, 0.3) is 0 Å². The highest BCUT2D eigenvalue weighted by Crippen LogP contribution is 2.27. The first kappa shape index (κ1) is 15.6. The number of carbonyl (C=O) groups is 1. The lowest BCUT2D eigenvalue weighted by atomic mass is 10.2. The number of amidine groups is 1. The summed E-state index contributed by atoms with van der Waals surface area (Å²) < 4.78 is 40.7. The largest absolute Gasteiger partial charge is 0.573 e. The molecule has 9 heteroatoms. The number of ether oxygens (including phenoxy) is 1. The van der Waals surface area contributed by atoms with Crippen LogP contribution in [0.2, 0.25) is 0 Å². The Balaban J connectivity index is 2.18. The summed E-state index contributed by atoms with van der Waals surface area (Å²) in [5, 5.41) is 0.201. The Hall–Kier alpha value is -1.74. The first-order valence-corrected chi connectivity index (χ1v) is 6.87. The number of carbonyl (C=O) groups excluding carboxylic acids is 1. The Labute approximate surface area is 122 Å². The fourth-order valence-corrected chi connectivity index (χ4v) is 2.30. The third-order valence-corrected chi connectivity index (χ3v) is 3.58. The Morgan fingerprint density at radius 3 is 2.81 bits per heavy atom. The number of nitrogens with one attached hydrogen (secondary N) is 1. The molecule has 1 saturated heterocycles. The summed E-state index contributed by atoms with van der Waals surface area (Å²) in [6, 6.07) is 5.06. The lowest BCUT2D eigenvalue weighted by Gasteiger charge is -2.11. The lowest BCUT2D eigenvalue weighted by molar-refractivity contribution is -0.274. The van der Waals surface area contributed by atoms with Crippen LogP contribution in [0.3, 0.4) is 0 Å². The van der Waals surface area contributed by atoms with E-state index in [2.05, 4.69) is 20.6 Å². The van der Waals surface area contributed by atoms with Crippen molar-refractivity contribution in [3.8, 4) is 5.75 Å². The zero-order valence-corrected chi connectivity index (χ0v) is 11.7. The Bertz CT molecular complexity index is 563. The first-order chi connectivity index (χ1) is 9.89. The second kappa shape index (κ2) is 6.35. The minimum Gasteiger partial charge on any atom is -0.405 e. The van der Waals surface area contributed by atoms with Crippen LogP contribution < -0.4 is 15.6 Å². The topological polar surface area (TPSA) is 64.8 Å². The van der Waals surface area contributed by atoms with E-state index < -0.39 is 18.0 Å². The van der Waals surface area contributed by atoms with Gasteiger partial charge in [-0.1, -0.05) is 30.8 Å². The standard InChI is InChI=1S/C12H11F3N3O2S/c1-2-9-17-18-11(21-9)16-10(19)7-5-3-4-6-8(7)20-12(13,14)15/h3-6,9,17H,2H2,1H3. The maximum absolute atomic E-state index is 12.3. The molecule has 1 aromatic carbocycles. The summed E-state index contributed by atoms with van der Waals surface area (Å²) in [5.41, 5.74) is 6.33. The summed E-state index contributed by atoms with van der Waals surface area (Å²) in [5.74, 6) is -1.41. The number of amides is 1. The number of hydrogen-bond acceptors (Lipinski definition) is 4. The minimum atomic E-state index is -4.87. The average molecular weight is 318 g/mol. The molecule has 1 atom stereocenters. The van der Waals surface area contributed by atoms with Crippen LogP contribution in [-0.4, -0.2) is 22.8 Å². The predicted molar refractivity (Wildman–Crippen MR) is 71.8 cm³/mol. The van der Waals surface area contributed by atoms with Crippen LogP contribution in [0.4, 0.5) is 13.2 Å². The van der Waals surface area contributed by atoms with E-state index in [0.717, 1.165) is 12.5 Å². The number of nitrogens with zero attached hydrogens (tertiary/aromatic N) is 2. The average Bonchev–Trinajstić information content (AvgIpc) is 2.85. The molecule has 1 aliphatic rings. The molecule has 113 valence electrons. The zero-order valence-electron chi connectivity index (χ0n) is 10.8. The van der Waals surface area contributed by atoms with Crippen LogP contribution in [0, 0.1) is 0 Å². The molecule has 0 spiro atoms. The van der Waals surface area contributed by atoms with Gasteiger partial charge in [-0.05, 0) is 18.6 Å². The fourth-order valence-electron chi connectivity index (χ4n) is 1.54. The van der Waals surface area contributed by atoms with E-state index in [1.807, 2.05) is 6.92 Å². The number of benzene rings is 1. The van der Waals surface area contributed by atoms with Crippen molar-refractivity contribution in [1.82, 2.24) is 10.9 Å². The molecule has 0 aromatic heterocycles. The van der Waals surface area contributed by atoms with Gasteiger partial charge in [0.1, 0.15) is 5.75 Å². The Morgan fingerprint density at radius 1 is 1.48 bits per heavy atom.